The van der Waals surface area contributed by atoms with Gasteiger partial charge in [0.15, 0.2) is 11.9 Å². The van der Waals surface area contributed by atoms with E-state index < -0.39 is 22.0 Å². The van der Waals surface area contributed by atoms with Crippen molar-refractivity contribution in [3.63, 3.8) is 0 Å². The zero-order valence-corrected chi connectivity index (χ0v) is 13.0. The Morgan fingerprint density at radius 3 is 2.81 bits per heavy atom. The van der Waals surface area contributed by atoms with Gasteiger partial charge in [-0.25, -0.2) is 0 Å². The van der Waals surface area contributed by atoms with Crippen LogP contribution in [0, 0.1) is 0 Å². The lowest BCUT2D eigenvalue weighted by Gasteiger charge is -2.15. The monoisotopic (exact) mass is 351 g/mol. The van der Waals surface area contributed by atoms with Crippen LogP contribution in [0.15, 0.2) is 23.4 Å². The molecule has 0 fully saturated rings. The zero-order valence-electron chi connectivity index (χ0n) is 10.6. The summed E-state index contributed by atoms with van der Waals surface area (Å²) in [4.78, 5) is 16.6. The molecule has 1 N–H and O–H groups in total. The fourth-order valence-electron chi connectivity index (χ4n) is 2.04. The summed E-state index contributed by atoms with van der Waals surface area (Å²) in [6, 6.07) is 4.64. The predicted octanol–water partition coefficient (Wildman–Crippen LogP) is 2.35. The van der Waals surface area contributed by atoms with E-state index in [0.717, 1.165) is 0 Å². The Morgan fingerprint density at radius 2 is 2.19 bits per heavy atom. The Bertz CT molecular complexity index is 702. The fourth-order valence-corrected chi connectivity index (χ4v) is 3.15. The first-order chi connectivity index (χ1) is 9.81. The Morgan fingerprint density at radius 1 is 1.48 bits per heavy atom. The second kappa shape index (κ2) is 6.31. The van der Waals surface area contributed by atoms with Crippen molar-refractivity contribution in [2.75, 3.05) is 5.88 Å². The third-order valence-corrected chi connectivity index (χ3v) is 4.16. The van der Waals surface area contributed by atoms with Crippen molar-refractivity contribution in [2.45, 2.75) is 18.3 Å². The van der Waals surface area contributed by atoms with Crippen molar-refractivity contribution in [3.8, 4) is 0 Å². The number of ketones is 1. The quantitative estimate of drug-likeness (QED) is 0.649. The van der Waals surface area contributed by atoms with Crippen LogP contribution < -0.4 is 0 Å². The highest BCUT2D eigenvalue weighted by Crippen LogP contribution is 2.35. The van der Waals surface area contributed by atoms with Gasteiger partial charge in [0.1, 0.15) is 11.5 Å². The highest BCUT2D eigenvalue weighted by molar-refractivity contribution is 7.85. The van der Waals surface area contributed by atoms with Crippen LogP contribution >= 0.6 is 23.2 Å². The van der Waals surface area contributed by atoms with Gasteiger partial charge in [-0.05, 0) is 11.6 Å². The Hall–Kier alpha value is -1.15. The molecule has 0 radical (unpaired) electrons. The Labute approximate surface area is 131 Å². The predicted molar refractivity (Wildman–Crippen MR) is 78.3 cm³/mol. The van der Waals surface area contributed by atoms with Crippen molar-refractivity contribution < 1.29 is 22.6 Å². The number of nitrogens with zero attached hydrogens (tertiary/aromatic N) is 1. The maximum Gasteiger partial charge on any atom is 0.269 e. The lowest BCUT2D eigenvalue weighted by atomic mass is 9.98. The first kappa shape index (κ1) is 16.2. The maximum absolute atomic E-state index is 11.5. The number of benzene rings is 1. The molecule has 1 aliphatic rings. The minimum Gasteiger partial charge on any atom is -0.387 e. The molecule has 1 atom stereocenters. The number of Topliss-reactive ketones (excluding diaryl/α,β-unsaturated/α-hetero) is 1. The molecule has 0 saturated carbocycles. The van der Waals surface area contributed by atoms with Crippen LogP contribution in [0.25, 0.3) is 0 Å². The highest BCUT2D eigenvalue weighted by atomic mass is 35.5. The molecule has 0 bridgehead atoms. The summed E-state index contributed by atoms with van der Waals surface area (Å²) in [6.07, 6.45) is -0.536. The van der Waals surface area contributed by atoms with E-state index in [1.807, 2.05) is 0 Å². The summed E-state index contributed by atoms with van der Waals surface area (Å²) in [5, 5.41) is 3.93. The number of halogens is 2. The van der Waals surface area contributed by atoms with Crippen LogP contribution in [-0.4, -0.2) is 30.3 Å². The number of carbonyl (C=O) groups excluding carboxylic acids is 1. The molecule has 0 amide bonds. The average molecular weight is 352 g/mol. The van der Waals surface area contributed by atoms with Crippen LogP contribution in [0.5, 0.6) is 0 Å². The normalized spacial score (nSPS) is 18.2. The van der Waals surface area contributed by atoms with Crippen molar-refractivity contribution in [1.29, 1.82) is 0 Å². The molecular weight excluding hydrogens is 341 g/mol. The largest absolute Gasteiger partial charge is 0.387 e. The molecule has 1 heterocycles. The van der Waals surface area contributed by atoms with E-state index in [0.29, 0.717) is 11.1 Å². The molecule has 0 aliphatic carbocycles. The third kappa shape index (κ3) is 3.94. The van der Waals surface area contributed by atoms with Gasteiger partial charge in [-0.2, -0.15) is 8.42 Å². The molecule has 1 unspecified atom stereocenters. The van der Waals surface area contributed by atoms with E-state index in [2.05, 4.69) is 5.16 Å². The van der Waals surface area contributed by atoms with Crippen LogP contribution in [0.3, 0.4) is 0 Å². The van der Waals surface area contributed by atoms with Crippen molar-refractivity contribution in [2.24, 2.45) is 5.16 Å². The smallest absolute Gasteiger partial charge is 0.269 e. The number of alkyl halides is 1. The fraction of sp³-hybridized carbons (Fsp3) is 0.333. The van der Waals surface area contributed by atoms with Gasteiger partial charge in [0.2, 0.25) is 0 Å². The summed E-state index contributed by atoms with van der Waals surface area (Å²) < 4.78 is 31.1. The molecule has 114 valence electrons. The number of carbonyl (C=O) groups is 1. The average Bonchev–Trinajstić information content (AvgIpc) is 2.85. The summed E-state index contributed by atoms with van der Waals surface area (Å²) in [5.41, 5.74) is 0.857. The van der Waals surface area contributed by atoms with Gasteiger partial charge < -0.3 is 4.84 Å². The van der Waals surface area contributed by atoms with Gasteiger partial charge in [0, 0.05) is 17.0 Å². The van der Waals surface area contributed by atoms with E-state index in [1.54, 1.807) is 12.1 Å². The Balaban J connectivity index is 2.31. The molecule has 0 spiro atoms. The van der Waals surface area contributed by atoms with E-state index >= 15 is 0 Å². The second-order valence-corrected chi connectivity index (χ2v) is 6.56. The van der Waals surface area contributed by atoms with Crippen LogP contribution in [-0.2, 0) is 25.5 Å². The van der Waals surface area contributed by atoms with Crippen molar-refractivity contribution >= 4 is 44.8 Å². The van der Waals surface area contributed by atoms with Crippen LogP contribution in [0.2, 0.25) is 5.02 Å². The van der Waals surface area contributed by atoms with Gasteiger partial charge >= 0.3 is 0 Å². The number of hydrogen-bond acceptors (Lipinski definition) is 5. The molecule has 1 aromatic carbocycles. The molecule has 2 rings (SSSR count). The van der Waals surface area contributed by atoms with Crippen molar-refractivity contribution in [3.05, 3.63) is 34.3 Å². The standard InChI is InChI=1S/C12H11Cl2NO5S/c13-5-10(16)9-4-11(20-15-9)12-7(6-21(17,18)19)2-1-3-8(12)14/h1-3,11H,4-6H2,(H,17,18,19). The van der Waals surface area contributed by atoms with E-state index in [1.165, 1.54) is 6.07 Å². The molecular formula is C12H11Cl2NO5S. The van der Waals surface area contributed by atoms with Crippen LogP contribution in [0.4, 0.5) is 0 Å². The summed E-state index contributed by atoms with van der Waals surface area (Å²) >= 11 is 11.5. The highest BCUT2D eigenvalue weighted by Gasteiger charge is 2.30. The summed E-state index contributed by atoms with van der Waals surface area (Å²) in [5.74, 6) is -1.17. The van der Waals surface area contributed by atoms with Gasteiger partial charge in [-0.1, -0.05) is 28.9 Å². The SMILES string of the molecule is O=C(CCl)C1=NOC(c2c(Cl)cccc2CS(=O)(=O)O)C1. The van der Waals surface area contributed by atoms with Crippen LogP contribution in [0.1, 0.15) is 23.7 Å². The first-order valence-electron chi connectivity index (χ1n) is 5.86. The van der Waals surface area contributed by atoms with Crippen molar-refractivity contribution in [1.82, 2.24) is 0 Å². The number of hydrogen-bond donors (Lipinski definition) is 1. The summed E-state index contributed by atoms with van der Waals surface area (Å²) in [7, 11) is -4.22. The van der Waals surface area contributed by atoms with E-state index in [-0.39, 0.29) is 28.8 Å². The second-order valence-electron chi connectivity index (χ2n) is 4.43. The topological polar surface area (TPSA) is 93.0 Å². The summed E-state index contributed by atoms with van der Waals surface area (Å²) in [6.45, 7) is 0. The first-order valence-corrected chi connectivity index (χ1v) is 8.38. The van der Waals surface area contributed by atoms with E-state index in [9.17, 15) is 13.2 Å². The molecule has 0 aromatic heterocycles. The number of rotatable bonds is 5. The molecule has 21 heavy (non-hydrogen) atoms. The number of oxime groups is 1. The van der Waals surface area contributed by atoms with E-state index in [4.69, 9.17) is 32.6 Å². The maximum atomic E-state index is 11.5. The third-order valence-electron chi connectivity index (χ3n) is 2.92. The zero-order chi connectivity index (χ0) is 15.6. The molecule has 0 saturated heterocycles. The minimum absolute atomic E-state index is 0.147. The Kier molecular flexibility index (Phi) is 4.88. The molecule has 9 heteroatoms. The van der Waals surface area contributed by atoms with Gasteiger partial charge in [0.25, 0.3) is 10.1 Å². The van der Waals surface area contributed by atoms with Gasteiger partial charge in [-0.15, -0.1) is 11.6 Å². The molecule has 1 aliphatic heterocycles. The molecule has 6 nitrogen and oxygen atoms in total. The lowest BCUT2D eigenvalue weighted by Crippen LogP contribution is -2.15. The minimum atomic E-state index is -4.22. The van der Waals surface area contributed by atoms with Gasteiger partial charge in [0.05, 0.1) is 5.88 Å². The van der Waals surface area contributed by atoms with Gasteiger partial charge in [-0.3, -0.25) is 9.35 Å². The lowest BCUT2D eigenvalue weighted by molar-refractivity contribution is -0.110. The molecule has 1 aromatic rings.